The molecule has 5 N–H and O–H groups in total. The van der Waals surface area contributed by atoms with Crippen LogP contribution >= 0.6 is 0 Å². The Hall–Kier alpha value is -5.17. The van der Waals surface area contributed by atoms with Gasteiger partial charge >= 0.3 is 6.09 Å². The van der Waals surface area contributed by atoms with Gasteiger partial charge in [-0.2, -0.15) is 5.21 Å². The van der Waals surface area contributed by atoms with Crippen molar-refractivity contribution in [3.63, 3.8) is 0 Å². The fourth-order valence-corrected chi connectivity index (χ4v) is 6.01. The van der Waals surface area contributed by atoms with E-state index in [4.69, 9.17) is 10.5 Å². The molecule has 1 aliphatic rings. The smallest absolute Gasteiger partial charge is 0.407 e. The van der Waals surface area contributed by atoms with Crippen LogP contribution in [0.2, 0.25) is 0 Å². The highest BCUT2D eigenvalue weighted by molar-refractivity contribution is 6.17. The van der Waals surface area contributed by atoms with Crippen molar-refractivity contribution in [3.8, 4) is 22.5 Å². The number of alkyl carbamates (subject to hydrolysis) is 1. The molecule has 0 bridgehead atoms. The molecule has 0 radical (unpaired) electrons. The third-order valence-electron chi connectivity index (χ3n) is 8.43. The van der Waals surface area contributed by atoms with E-state index in [-0.39, 0.29) is 29.7 Å². The number of nitrogens with one attached hydrogen (secondary N) is 3. The lowest BCUT2D eigenvalue weighted by Gasteiger charge is -2.32. The van der Waals surface area contributed by atoms with E-state index in [1.807, 2.05) is 52.0 Å². The summed E-state index contributed by atoms with van der Waals surface area (Å²) >= 11 is 0. The van der Waals surface area contributed by atoms with Gasteiger partial charge in [-0.15, -0.1) is 10.2 Å². The Labute approximate surface area is 278 Å². The van der Waals surface area contributed by atoms with Crippen LogP contribution in [0.25, 0.3) is 22.5 Å². The Kier molecular flexibility index (Phi) is 10.5. The van der Waals surface area contributed by atoms with Gasteiger partial charge in [-0.1, -0.05) is 24.3 Å². The number of H-pyrrole nitrogens is 2. The van der Waals surface area contributed by atoms with E-state index in [0.29, 0.717) is 49.3 Å². The molecule has 2 aromatic heterocycles. The quantitative estimate of drug-likeness (QED) is 0.204. The summed E-state index contributed by atoms with van der Waals surface area (Å²) in [6, 6.07) is 16.7. The zero-order chi connectivity index (χ0) is 34.4. The number of imide groups is 1. The van der Waals surface area contributed by atoms with Gasteiger partial charge in [-0.25, -0.2) is 9.69 Å². The van der Waals surface area contributed by atoms with E-state index in [0.717, 1.165) is 22.4 Å². The number of hydrogen-bond acceptors (Lipinski definition) is 9. The highest BCUT2D eigenvalue weighted by atomic mass is 16.6. The van der Waals surface area contributed by atoms with Crippen LogP contribution in [0.4, 0.5) is 10.5 Å². The number of hydrogen-bond donors (Lipinski definition) is 4. The normalized spacial score (nSPS) is 16.9. The van der Waals surface area contributed by atoms with Gasteiger partial charge in [0.1, 0.15) is 5.60 Å². The zero-order valence-electron chi connectivity index (χ0n) is 27.7. The van der Waals surface area contributed by atoms with Crippen molar-refractivity contribution in [2.45, 2.75) is 71.4 Å². The first-order valence-corrected chi connectivity index (χ1v) is 16.1. The molecule has 0 spiro atoms. The third kappa shape index (κ3) is 8.59. The molecule has 1 saturated carbocycles. The number of nitrogens with zero attached hydrogens (tertiary/aromatic N) is 4. The number of anilines is 1. The van der Waals surface area contributed by atoms with Crippen molar-refractivity contribution < 1.29 is 19.1 Å². The number of aromatic nitrogens is 5. The third-order valence-corrected chi connectivity index (χ3v) is 8.43. The average Bonchev–Trinajstić information content (AvgIpc) is 3.59. The maximum absolute atomic E-state index is 14.1. The largest absolute Gasteiger partial charge is 0.444 e. The molecule has 2 aromatic carbocycles. The summed E-state index contributed by atoms with van der Waals surface area (Å²) < 4.78 is 5.34. The number of carbonyl (C=O) groups is 3. The summed E-state index contributed by atoms with van der Waals surface area (Å²) in [4.78, 5) is 56.1. The Morgan fingerprint density at radius 3 is 2.40 bits per heavy atom. The van der Waals surface area contributed by atoms with E-state index >= 15 is 0 Å². The Morgan fingerprint density at radius 1 is 1.02 bits per heavy atom. The van der Waals surface area contributed by atoms with Crippen molar-refractivity contribution in [2.24, 2.45) is 17.6 Å². The van der Waals surface area contributed by atoms with E-state index in [1.54, 1.807) is 30.3 Å². The van der Waals surface area contributed by atoms with Crippen LogP contribution in [-0.2, 0) is 20.7 Å². The summed E-state index contributed by atoms with van der Waals surface area (Å²) in [5.74, 6) is -0.619. The molecule has 4 aromatic rings. The number of nitrogens with two attached hydrogens (primary N) is 1. The first kappa shape index (κ1) is 34.2. The maximum atomic E-state index is 14.1. The fraction of sp³-hybridized carbons (Fsp3) is 0.400. The molecule has 1 aliphatic carbocycles. The summed E-state index contributed by atoms with van der Waals surface area (Å²) in [5, 5.41) is 16.9. The van der Waals surface area contributed by atoms with Crippen LogP contribution in [0.5, 0.6) is 0 Å². The second-order valence-electron chi connectivity index (χ2n) is 13.3. The minimum Gasteiger partial charge on any atom is -0.444 e. The van der Waals surface area contributed by atoms with E-state index in [9.17, 15) is 19.2 Å². The Morgan fingerprint density at radius 2 is 1.75 bits per heavy atom. The van der Waals surface area contributed by atoms with Crippen molar-refractivity contribution in [1.29, 1.82) is 0 Å². The Balaban J connectivity index is 1.32. The predicted octanol–water partition coefficient (Wildman–Crippen LogP) is 4.29. The second-order valence-corrected chi connectivity index (χ2v) is 13.3. The lowest BCUT2D eigenvalue weighted by atomic mass is 9.81. The van der Waals surface area contributed by atoms with Crippen LogP contribution in [0.3, 0.4) is 0 Å². The maximum Gasteiger partial charge on any atom is 0.407 e. The molecule has 0 aliphatic heterocycles. The van der Waals surface area contributed by atoms with Crippen molar-refractivity contribution in [2.75, 3.05) is 11.4 Å². The monoisotopic (exact) mass is 654 g/mol. The minimum atomic E-state index is -1.01. The predicted molar refractivity (Wildman–Crippen MR) is 181 cm³/mol. The van der Waals surface area contributed by atoms with Gasteiger partial charge in [0.25, 0.3) is 5.91 Å². The lowest BCUT2D eigenvalue weighted by molar-refractivity contribution is -0.130. The topological polar surface area (TPSA) is 189 Å². The molecule has 0 unspecified atom stereocenters. The molecule has 1 fully saturated rings. The SMILES string of the molecule is Cc1[nH]c(=O)ccc1-c1cccc(C[C@H](N)C(=O)N(C(=O)C2CCC(CNC(=O)OC(C)(C)C)CC2)c2ccc(-c3nn[nH]n3)cc2)c1. The standard InChI is InChI=1S/C35H42N8O5/c1-21-28(16-17-30(44)38-21)26-7-5-6-23(18-26)19-29(36)33(46)43(27-14-12-24(13-15-27)31-39-41-42-40-31)32(45)25-10-8-22(9-11-25)20-37-34(47)48-35(2,3)4/h5-7,12-18,22,25,29H,8-11,19-20,36H2,1-4H3,(H,37,47)(H,38,44)(H,39,40,41,42)/t22?,25?,29-/m0/s1. The summed E-state index contributed by atoms with van der Waals surface area (Å²) in [6.07, 6.45) is 2.31. The molecule has 1 atom stereocenters. The highest BCUT2D eigenvalue weighted by Crippen LogP contribution is 2.32. The molecular weight excluding hydrogens is 612 g/mol. The first-order chi connectivity index (χ1) is 22.9. The average molecular weight is 655 g/mol. The number of pyridine rings is 1. The van der Waals surface area contributed by atoms with Crippen LogP contribution in [0, 0.1) is 18.8 Å². The molecule has 48 heavy (non-hydrogen) atoms. The van der Waals surface area contributed by atoms with Gasteiger partial charge in [0.2, 0.25) is 17.3 Å². The fourth-order valence-electron chi connectivity index (χ4n) is 6.01. The molecule has 2 heterocycles. The lowest BCUT2D eigenvalue weighted by Crippen LogP contribution is -2.50. The molecule has 13 heteroatoms. The number of ether oxygens (including phenoxy) is 1. The summed E-state index contributed by atoms with van der Waals surface area (Å²) in [5.41, 5.74) is 10.2. The van der Waals surface area contributed by atoms with Gasteiger partial charge in [-0.3, -0.25) is 14.4 Å². The van der Waals surface area contributed by atoms with Gasteiger partial charge in [-0.05, 0) is 112 Å². The van der Waals surface area contributed by atoms with E-state index < -0.39 is 23.6 Å². The number of tetrazole rings is 1. The summed E-state index contributed by atoms with van der Waals surface area (Å²) in [7, 11) is 0. The van der Waals surface area contributed by atoms with Crippen molar-refractivity contribution in [1.82, 2.24) is 30.9 Å². The number of benzene rings is 2. The van der Waals surface area contributed by atoms with E-state index in [2.05, 4.69) is 30.9 Å². The highest BCUT2D eigenvalue weighted by Gasteiger charge is 2.35. The van der Waals surface area contributed by atoms with Gasteiger partial charge < -0.3 is 20.8 Å². The van der Waals surface area contributed by atoms with Crippen LogP contribution in [-0.4, -0.2) is 61.7 Å². The Bertz CT molecular complexity index is 1790. The molecule has 5 rings (SSSR count). The number of rotatable bonds is 9. The van der Waals surface area contributed by atoms with Crippen LogP contribution in [0.15, 0.2) is 65.5 Å². The van der Waals surface area contributed by atoms with E-state index in [1.165, 1.54) is 11.0 Å². The van der Waals surface area contributed by atoms with Crippen LogP contribution in [0.1, 0.15) is 57.7 Å². The number of aromatic amines is 2. The second kappa shape index (κ2) is 14.7. The minimum absolute atomic E-state index is 0.180. The molecule has 13 nitrogen and oxygen atoms in total. The molecular formula is C35H42N8O5. The molecule has 0 saturated heterocycles. The van der Waals surface area contributed by atoms with Gasteiger partial charge in [0.15, 0.2) is 0 Å². The number of carbonyl (C=O) groups excluding carboxylic acids is 3. The number of amides is 3. The molecule has 252 valence electrons. The zero-order valence-corrected chi connectivity index (χ0v) is 27.7. The molecule has 3 amide bonds. The van der Waals surface area contributed by atoms with Crippen molar-refractivity contribution in [3.05, 3.63) is 82.3 Å². The van der Waals surface area contributed by atoms with Gasteiger partial charge in [0.05, 0.1) is 11.7 Å². The van der Waals surface area contributed by atoms with Gasteiger partial charge in [0, 0.05) is 35.3 Å². The first-order valence-electron chi connectivity index (χ1n) is 16.1. The summed E-state index contributed by atoms with van der Waals surface area (Å²) in [6.45, 7) is 7.73. The van der Waals surface area contributed by atoms with Crippen molar-refractivity contribution >= 4 is 23.6 Å². The van der Waals surface area contributed by atoms with Crippen LogP contribution < -0.4 is 21.5 Å². The number of aryl methyl sites for hydroxylation is 1.